The number of nitrogens with zero attached hydrogens (tertiary/aromatic N) is 2. The van der Waals surface area contributed by atoms with E-state index >= 15 is 0 Å². The Morgan fingerprint density at radius 3 is 1.77 bits per heavy atom. The molecule has 0 radical (unpaired) electrons. The molecule has 130 valence electrons. The van der Waals surface area contributed by atoms with Crippen LogP contribution in [0.5, 0.6) is 0 Å². The molecule has 0 saturated heterocycles. The van der Waals surface area contributed by atoms with E-state index in [1.54, 1.807) is 6.20 Å². The van der Waals surface area contributed by atoms with Crippen LogP contribution >= 0.6 is 24.0 Å². The average molecular weight is 381 g/mol. The quantitative estimate of drug-likeness (QED) is 0.409. The van der Waals surface area contributed by atoms with E-state index in [9.17, 15) is 0 Å². The molecular weight excluding hydrogens is 363 g/mol. The lowest BCUT2D eigenvalue weighted by Crippen LogP contribution is -2.37. The summed E-state index contributed by atoms with van der Waals surface area (Å²) < 4.78 is 2.12. The minimum atomic E-state index is -0.586. The molecule has 0 aliphatic carbocycles. The van der Waals surface area contributed by atoms with Crippen LogP contribution in [-0.4, -0.2) is 9.55 Å². The number of imidazole rings is 1. The molecule has 4 rings (SSSR count). The van der Waals surface area contributed by atoms with Crippen LogP contribution in [0.2, 0.25) is 5.02 Å². The lowest BCUT2D eigenvalue weighted by atomic mass is 9.76. The summed E-state index contributed by atoms with van der Waals surface area (Å²) in [7, 11) is 0. The van der Waals surface area contributed by atoms with Crippen molar-refractivity contribution in [2.24, 2.45) is 0 Å². The van der Waals surface area contributed by atoms with Gasteiger partial charge in [0, 0.05) is 23.0 Å². The molecule has 26 heavy (non-hydrogen) atoms. The third kappa shape index (κ3) is 2.92. The van der Waals surface area contributed by atoms with Crippen molar-refractivity contribution in [1.29, 1.82) is 0 Å². The standard InChI is InChI=1S/C22H17ClN2.ClH/c23-21-14-8-7-13-20(21)22(25-16-15-24-17-25,18-9-3-1-4-10-18)19-11-5-2-6-12-19;/h1-17H;1H. The Hall–Kier alpha value is -2.55. The fourth-order valence-electron chi connectivity index (χ4n) is 3.49. The third-order valence-electron chi connectivity index (χ3n) is 4.54. The number of rotatable bonds is 4. The summed E-state index contributed by atoms with van der Waals surface area (Å²) in [6.45, 7) is 0. The lowest BCUT2D eigenvalue weighted by Gasteiger charge is -2.37. The summed E-state index contributed by atoms with van der Waals surface area (Å²) in [6.07, 6.45) is 5.64. The Bertz CT molecular complexity index is 912. The molecular formula is C22H18Cl2N2. The van der Waals surface area contributed by atoms with Gasteiger partial charge in [0.1, 0.15) is 5.54 Å². The van der Waals surface area contributed by atoms with Crippen LogP contribution in [0.3, 0.4) is 0 Å². The van der Waals surface area contributed by atoms with E-state index in [0.717, 1.165) is 21.7 Å². The first kappa shape index (κ1) is 18.2. The fraction of sp³-hybridized carbons (Fsp3) is 0.0455. The average Bonchev–Trinajstić information content (AvgIpc) is 3.21. The molecule has 0 fully saturated rings. The van der Waals surface area contributed by atoms with Gasteiger partial charge >= 0.3 is 0 Å². The van der Waals surface area contributed by atoms with E-state index in [4.69, 9.17) is 11.6 Å². The monoisotopic (exact) mass is 380 g/mol. The van der Waals surface area contributed by atoms with E-state index in [0.29, 0.717) is 0 Å². The molecule has 4 heteroatoms. The minimum Gasteiger partial charge on any atom is -0.319 e. The largest absolute Gasteiger partial charge is 0.319 e. The predicted molar refractivity (Wildman–Crippen MR) is 109 cm³/mol. The van der Waals surface area contributed by atoms with Crippen molar-refractivity contribution >= 4 is 24.0 Å². The Balaban J connectivity index is 0.00000196. The maximum atomic E-state index is 6.69. The molecule has 1 aromatic heterocycles. The summed E-state index contributed by atoms with van der Waals surface area (Å²) in [5.74, 6) is 0. The Morgan fingerprint density at radius 2 is 1.27 bits per heavy atom. The summed E-state index contributed by atoms with van der Waals surface area (Å²) >= 11 is 6.69. The molecule has 3 aromatic carbocycles. The first-order chi connectivity index (χ1) is 12.3. The number of hydrogen-bond acceptors (Lipinski definition) is 1. The molecule has 0 N–H and O–H groups in total. The smallest absolute Gasteiger partial charge is 0.123 e. The zero-order chi connectivity index (χ0) is 17.1. The number of benzene rings is 3. The third-order valence-corrected chi connectivity index (χ3v) is 4.87. The highest BCUT2D eigenvalue weighted by Crippen LogP contribution is 2.43. The predicted octanol–water partition coefficient (Wildman–Crippen LogP) is 5.80. The van der Waals surface area contributed by atoms with Crippen LogP contribution in [0.4, 0.5) is 0 Å². The summed E-state index contributed by atoms with van der Waals surface area (Å²) in [6, 6.07) is 28.8. The Kier molecular flexibility index (Phi) is 5.46. The highest BCUT2D eigenvalue weighted by Gasteiger charge is 2.39. The maximum absolute atomic E-state index is 6.69. The van der Waals surface area contributed by atoms with Crippen LogP contribution in [0.15, 0.2) is 104 Å². The molecule has 0 unspecified atom stereocenters. The number of halogens is 2. The number of aromatic nitrogens is 2. The second-order valence-electron chi connectivity index (χ2n) is 5.89. The van der Waals surface area contributed by atoms with Gasteiger partial charge in [-0.25, -0.2) is 4.98 Å². The van der Waals surface area contributed by atoms with Crippen LogP contribution < -0.4 is 0 Å². The van der Waals surface area contributed by atoms with Gasteiger partial charge in [-0.3, -0.25) is 0 Å². The molecule has 0 amide bonds. The molecule has 0 aliphatic rings. The highest BCUT2D eigenvalue weighted by molar-refractivity contribution is 6.31. The van der Waals surface area contributed by atoms with Gasteiger partial charge in [0.25, 0.3) is 0 Å². The normalized spacial score (nSPS) is 11.0. The van der Waals surface area contributed by atoms with Crippen LogP contribution in [0, 0.1) is 0 Å². The highest BCUT2D eigenvalue weighted by atomic mass is 35.5. The van der Waals surface area contributed by atoms with E-state index < -0.39 is 5.54 Å². The van der Waals surface area contributed by atoms with Crippen LogP contribution in [-0.2, 0) is 5.54 Å². The van der Waals surface area contributed by atoms with Gasteiger partial charge in [-0.15, -0.1) is 12.4 Å². The van der Waals surface area contributed by atoms with Crippen molar-refractivity contribution < 1.29 is 0 Å². The first-order valence-corrected chi connectivity index (χ1v) is 8.56. The van der Waals surface area contributed by atoms with Crippen LogP contribution in [0.1, 0.15) is 16.7 Å². The van der Waals surface area contributed by atoms with Crippen molar-refractivity contribution in [3.8, 4) is 0 Å². The van der Waals surface area contributed by atoms with Crippen molar-refractivity contribution in [2.45, 2.75) is 5.54 Å². The number of hydrogen-bond donors (Lipinski definition) is 0. The van der Waals surface area contributed by atoms with E-state index in [1.165, 1.54) is 0 Å². The summed E-state index contributed by atoms with van der Waals surface area (Å²) in [5, 5.41) is 0.726. The van der Waals surface area contributed by atoms with E-state index in [-0.39, 0.29) is 12.4 Å². The van der Waals surface area contributed by atoms with Crippen molar-refractivity contribution in [3.05, 3.63) is 125 Å². The lowest BCUT2D eigenvalue weighted by molar-refractivity contribution is 0.515. The molecule has 0 aliphatic heterocycles. The fourth-order valence-corrected chi connectivity index (χ4v) is 3.76. The molecule has 0 atom stereocenters. The van der Waals surface area contributed by atoms with Crippen molar-refractivity contribution in [1.82, 2.24) is 9.55 Å². The van der Waals surface area contributed by atoms with E-state index in [1.807, 2.05) is 42.9 Å². The first-order valence-electron chi connectivity index (χ1n) is 8.18. The zero-order valence-corrected chi connectivity index (χ0v) is 15.6. The van der Waals surface area contributed by atoms with Gasteiger partial charge < -0.3 is 4.57 Å². The SMILES string of the molecule is Cl.Clc1ccccc1C(c1ccccc1)(c1ccccc1)n1ccnc1. The second-order valence-corrected chi connectivity index (χ2v) is 6.30. The second kappa shape index (κ2) is 7.77. The molecule has 4 aromatic rings. The van der Waals surface area contributed by atoms with Crippen LogP contribution in [0.25, 0.3) is 0 Å². The zero-order valence-electron chi connectivity index (χ0n) is 14.0. The Morgan fingerprint density at radius 1 is 0.731 bits per heavy atom. The van der Waals surface area contributed by atoms with Gasteiger partial charge in [0.2, 0.25) is 0 Å². The maximum Gasteiger partial charge on any atom is 0.123 e. The van der Waals surface area contributed by atoms with Crippen molar-refractivity contribution in [3.63, 3.8) is 0 Å². The van der Waals surface area contributed by atoms with E-state index in [2.05, 4.69) is 64.1 Å². The summed E-state index contributed by atoms with van der Waals surface area (Å²) in [5.41, 5.74) is 2.70. The minimum absolute atomic E-state index is 0. The topological polar surface area (TPSA) is 17.8 Å². The van der Waals surface area contributed by atoms with Crippen molar-refractivity contribution in [2.75, 3.05) is 0 Å². The molecule has 0 spiro atoms. The van der Waals surface area contributed by atoms with Gasteiger partial charge in [-0.2, -0.15) is 0 Å². The molecule has 0 bridgehead atoms. The Labute approximate surface area is 164 Å². The van der Waals surface area contributed by atoms with Gasteiger partial charge in [0.15, 0.2) is 0 Å². The van der Waals surface area contributed by atoms with Gasteiger partial charge in [-0.05, 0) is 17.2 Å². The molecule has 2 nitrogen and oxygen atoms in total. The van der Waals surface area contributed by atoms with Gasteiger partial charge in [-0.1, -0.05) is 90.5 Å². The molecule has 1 heterocycles. The molecule has 0 saturated carbocycles. The summed E-state index contributed by atoms with van der Waals surface area (Å²) in [4.78, 5) is 4.31. The van der Waals surface area contributed by atoms with Gasteiger partial charge in [0.05, 0.1) is 6.33 Å².